The van der Waals surface area contributed by atoms with Gasteiger partial charge in [0.25, 0.3) is 5.70 Å². The Morgan fingerprint density at radius 3 is 1.22 bits per heavy atom. The fourth-order valence-corrected chi connectivity index (χ4v) is 4.66. The first-order chi connectivity index (χ1) is 28.3. The van der Waals surface area contributed by atoms with Gasteiger partial charge in [0.1, 0.15) is 56.3 Å². The number of esters is 5. The minimum Gasteiger partial charge on any atom is -0.468 e. The van der Waals surface area contributed by atoms with Crippen LogP contribution in [0.15, 0.2) is 114 Å². The lowest BCUT2D eigenvalue weighted by Gasteiger charge is -2.26. The second-order valence-electron chi connectivity index (χ2n) is 12.1. The maximum Gasteiger partial charge on any atom is 0.349 e. The fraction of sp³-hybridized carbons (Fsp3) is 0.182. The molecule has 0 unspecified atom stereocenters. The predicted octanol–water partition coefficient (Wildman–Crippen LogP) is 6.09. The molecule has 0 atom stereocenters. The van der Waals surface area contributed by atoms with Gasteiger partial charge in [0.2, 0.25) is 0 Å². The van der Waals surface area contributed by atoms with Crippen LogP contribution in [0.25, 0.3) is 23.1 Å². The molecule has 0 bridgehead atoms. The lowest BCUT2D eigenvalue weighted by atomic mass is 10.1. The molecule has 0 aliphatic heterocycles. The highest BCUT2D eigenvalue weighted by atomic mass is 16.6. The molecule has 0 aromatic heterocycles. The van der Waals surface area contributed by atoms with Crippen LogP contribution in [0.5, 0.6) is 0 Å². The molecule has 3 aromatic carbocycles. The zero-order chi connectivity index (χ0) is 43.3. The number of carbonyl (C=O) groups excluding carboxylic acids is 5. The molecular weight excluding hydrogens is 761 g/mol. The molecular formula is C44H38N4O11. The Labute approximate surface area is 340 Å². The van der Waals surface area contributed by atoms with Crippen LogP contribution in [-0.2, 0) is 47.7 Å². The van der Waals surface area contributed by atoms with Gasteiger partial charge in [0, 0.05) is 28.2 Å². The van der Waals surface area contributed by atoms with Crippen LogP contribution in [0.4, 0.5) is 17.1 Å². The van der Waals surface area contributed by atoms with Gasteiger partial charge in [0.15, 0.2) is 0 Å². The van der Waals surface area contributed by atoms with Crippen LogP contribution in [0.2, 0.25) is 0 Å². The average Bonchev–Trinajstić information content (AvgIpc) is 3.24. The van der Waals surface area contributed by atoms with E-state index in [4.69, 9.17) is 35.4 Å². The quantitative estimate of drug-likeness (QED) is 0.0364. The third-order valence-electron chi connectivity index (χ3n) is 7.51. The normalized spacial score (nSPS) is 11.1. The fourth-order valence-electron chi connectivity index (χ4n) is 4.66. The van der Waals surface area contributed by atoms with E-state index in [-0.39, 0.29) is 67.6 Å². The Balaban J connectivity index is 1.93. The van der Waals surface area contributed by atoms with Crippen molar-refractivity contribution in [2.75, 3.05) is 44.5 Å². The molecule has 0 saturated heterocycles. The summed E-state index contributed by atoms with van der Waals surface area (Å²) in [7, 11) is 0. The molecule has 0 aliphatic carbocycles. The van der Waals surface area contributed by atoms with Gasteiger partial charge >= 0.3 is 29.8 Å². The Hall–Kier alpha value is -8.06. The average molecular weight is 799 g/mol. The summed E-state index contributed by atoms with van der Waals surface area (Å²) in [5, 5.41) is 28.2. The smallest absolute Gasteiger partial charge is 0.349 e. The van der Waals surface area contributed by atoms with Gasteiger partial charge in [-0.05, 0) is 85.2 Å². The summed E-state index contributed by atoms with van der Waals surface area (Å²) in [6.07, 6.45) is 4.03. The number of anilines is 3. The number of benzene rings is 3. The number of aliphatic hydroxyl groups excluding tert-OH is 1. The summed E-state index contributed by atoms with van der Waals surface area (Å²) in [5.41, 5.74) is 2.86. The number of rotatable bonds is 19. The zero-order valence-electron chi connectivity index (χ0n) is 32.1. The number of nitriles is 2. The first-order valence-corrected chi connectivity index (χ1v) is 17.5. The standard InChI is InChI=1S/C44H38N4O11/c1-29(2)40(50)56-20-22-58-42(52)34(27-45)24-31-6-12-36(13-7-31)48(38-16-10-33(11-17-38)26-39(47-5)44(54)55-19-18-49)37-14-8-32(9-15-37)25-35(28-46)43(53)59-23-21-57-41(51)30(3)4/h6-17,24-26,49H,1,3,18-23H2,2,4H3/b34-24+,35-25+,39-26-. The summed E-state index contributed by atoms with van der Waals surface area (Å²) < 4.78 is 24.8. The maximum atomic E-state index is 12.6. The number of hydrogen-bond acceptors (Lipinski definition) is 14. The highest BCUT2D eigenvalue weighted by Crippen LogP contribution is 2.35. The molecule has 3 rings (SSSR count). The van der Waals surface area contributed by atoms with E-state index < -0.39 is 29.8 Å². The number of hydrogen-bond donors (Lipinski definition) is 1. The first kappa shape index (κ1) is 45.3. The lowest BCUT2D eigenvalue weighted by molar-refractivity contribution is -0.147. The highest BCUT2D eigenvalue weighted by Gasteiger charge is 2.17. The summed E-state index contributed by atoms with van der Waals surface area (Å²) in [6.45, 7) is 15.7. The van der Waals surface area contributed by atoms with Crippen LogP contribution in [0.3, 0.4) is 0 Å². The molecule has 15 nitrogen and oxygen atoms in total. The molecule has 0 amide bonds. The molecule has 0 aliphatic rings. The van der Waals surface area contributed by atoms with Gasteiger partial charge in [-0.3, -0.25) is 4.79 Å². The van der Waals surface area contributed by atoms with Gasteiger partial charge in [-0.25, -0.2) is 24.0 Å². The molecule has 15 heteroatoms. The molecule has 0 saturated carbocycles. The van der Waals surface area contributed by atoms with Crippen molar-refractivity contribution in [1.29, 1.82) is 10.5 Å². The number of nitrogens with zero attached hydrogens (tertiary/aromatic N) is 4. The lowest BCUT2D eigenvalue weighted by Crippen LogP contribution is -2.15. The molecule has 0 radical (unpaired) electrons. The van der Waals surface area contributed by atoms with Gasteiger partial charge in [-0.15, -0.1) is 0 Å². The SMILES string of the molecule is [C-]#[N+]/C(=C\c1ccc(N(c2ccc(/C=C(\C#N)C(=O)OCCOC(=O)C(=C)C)cc2)c2ccc(/C=C(\C#N)C(=O)OCCOC(=O)C(=C)C)cc2)cc1)C(=O)OCCO. The summed E-state index contributed by atoms with van der Waals surface area (Å²) in [5.74, 6) is -3.97. The van der Waals surface area contributed by atoms with Crippen molar-refractivity contribution in [2.45, 2.75) is 13.8 Å². The highest BCUT2D eigenvalue weighted by molar-refractivity contribution is 5.99. The van der Waals surface area contributed by atoms with Crippen LogP contribution in [-0.4, -0.2) is 74.6 Å². The minimum absolute atomic E-state index is 0.187. The Morgan fingerprint density at radius 2 is 0.915 bits per heavy atom. The monoisotopic (exact) mass is 798 g/mol. The van der Waals surface area contributed by atoms with E-state index in [1.54, 1.807) is 72.8 Å². The van der Waals surface area contributed by atoms with E-state index in [0.717, 1.165) is 0 Å². The van der Waals surface area contributed by atoms with Crippen LogP contribution in [0.1, 0.15) is 30.5 Å². The number of carbonyl (C=O) groups is 5. The molecule has 300 valence electrons. The molecule has 0 heterocycles. The van der Waals surface area contributed by atoms with Crippen molar-refractivity contribution >= 4 is 65.1 Å². The van der Waals surface area contributed by atoms with Gasteiger partial charge < -0.3 is 33.7 Å². The van der Waals surface area contributed by atoms with E-state index >= 15 is 0 Å². The first-order valence-electron chi connectivity index (χ1n) is 17.5. The van der Waals surface area contributed by atoms with Gasteiger partial charge in [-0.2, -0.15) is 10.5 Å². The topological polar surface area (TPSA) is 207 Å². The molecule has 3 aromatic rings. The predicted molar refractivity (Wildman–Crippen MR) is 214 cm³/mol. The van der Waals surface area contributed by atoms with E-state index in [1.165, 1.54) is 32.1 Å². The zero-order valence-corrected chi connectivity index (χ0v) is 32.1. The van der Waals surface area contributed by atoms with Crippen LogP contribution < -0.4 is 4.90 Å². The van der Waals surface area contributed by atoms with Gasteiger partial charge in [-0.1, -0.05) is 49.6 Å². The van der Waals surface area contributed by atoms with Crippen molar-refractivity contribution in [1.82, 2.24) is 0 Å². The summed E-state index contributed by atoms with van der Waals surface area (Å²) >= 11 is 0. The molecule has 0 spiro atoms. The van der Waals surface area contributed by atoms with Gasteiger partial charge in [0.05, 0.1) is 13.2 Å². The Bertz CT molecular complexity index is 2170. The van der Waals surface area contributed by atoms with E-state index in [0.29, 0.717) is 33.8 Å². The third-order valence-corrected chi connectivity index (χ3v) is 7.51. The number of ether oxygens (including phenoxy) is 5. The van der Waals surface area contributed by atoms with Crippen molar-refractivity contribution in [3.63, 3.8) is 0 Å². The molecule has 0 fully saturated rings. The second kappa shape index (κ2) is 23.1. The van der Waals surface area contributed by atoms with Crippen LogP contribution in [0, 0.1) is 29.2 Å². The Kier molecular flexibility index (Phi) is 17.8. The molecule has 1 N–H and O–H groups in total. The van der Waals surface area contributed by atoms with Crippen molar-refractivity contribution < 1.29 is 52.8 Å². The third kappa shape index (κ3) is 14.2. The second-order valence-corrected chi connectivity index (χ2v) is 12.1. The van der Waals surface area contributed by atoms with E-state index in [1.807, 2.05) is 17.0 Å². The van der Waals surface area contributed by atoms with Crippen molar-refractivity contribution in [2.24, 2.45) is 0 Å². The Morgan fingerprint density at radius 1 is 0.593 bits per heavy atom. The summed E-state index contributed by atoms with van der Waals surface area (Å²) in [6, 6.07) is 24.1. The van der Waals surface area contributed by atoms with Crippen molar-refractivity contribution in [3.05, 3.63) is 142 Å². The van der Waals surface area contributed by atoms with Crippen molar-refractivity contribution in [3.8, 4) is 12.1 Å². The summed E-state index contributed by atoms with van der Waals surface area (Å²) in [4.78, 5) is 65.5. The maximum absolute atomic E-state index is 12.6. The number of aliphatic hydroxyl groups is 1. The minimum atomic E-state index is -0.909. The largest absolute Gasteiger partial charge is 0.468 e. The molecule has 59 heavy (non-hydrogen) atoms. The van der Waals surface area contributed by atoms with Crippen LogP contribution >= 0.6 is 0 Å². The van der Waals surface area contributed by atoms with E-state index in [9.17, 15) is 34.5 Å². The van der Waals surface area contributed by atoms with E-state index in [2.05, 4.69) is 18.0 Å².